The van der Waals surface area contributed by atoms with Crippen molar-refractivity contribution in [2.45, 2.75) is 11.8 Å². The number of hydrogen-bond donors (Lipinski definition) is 2. The molecule has 0 spiro atoms. The largest absolute Gasteiger partial charge is 0.368 e. The second-order valence-electron chi connectivity index (χ2n) is 6.64. The van der Waals surface area contributed by atoms with Crippen molar-refractivity contribution < 1.29 is 4.39 Å². The maximum atomic E-state index is 15.1. The highest BCUT2D eigenvalue weighted by atomic mass is 35.5. The van der Waals surface area contributed by atoms with E-state index in [0.29, 0.717) is 22.0 Å². The van der Waals surface area contributed by atoms with Gasteiger partial charge in [-0.25, -0.2) is 24.9 Å². The number of hydrogen-bond acceptors (Lipinski definition) is 7. The fraction of sp³-hybridized carbons (Fsp3) is 0.0952. The Hall–Kier alpha value is -3.65. The molecule has 1 aromatic carbocycles. The summed E-state index contributed by atoms with van der Waals surface area (Å²) in [6.07, 6.45) is 4.70. The molecule has 0 fully saturated rings. The average Bonchev–Trinajstić information content (AvgIpc) is 2.73. The van der Waals surface area contributed by atoms with Gasteiger partial charge in [-0.3, -0.25) is 0 Å². The first-order valence-electron chi connectivity index (χ1n) is 9.02. The molecule has 150 valence electrons. The lowest BCUT2D eigenvalue weighted by atomic mass is 9.69. The topological polar surface area (TPSA) is 116 Å². The molecular weight excluding hydrogens is 405 g/mol. The lowest BCUT2D eigenvalue weighted by Gasteiger charge is -2.34. The summed E-state index contributed by atoms with van der Waals surface area (Å²) < 4.78 is 15.1. The zero-order valence-corrected chi connectivity index (χ0v) is 16.5. The van der Waals surface area contributed by atoms with Crippen molar-refractivity contribution >= 4 is 23.5 Å². The monoisotopic (exact) mass is 421 g/mol. The van der Waals surface area contributed by atoms with Crippen molar-refractivity contribution in [3.63, 3.8) is 0 Å². The van der Waals surface area contributed by atoms with Crippen molar-refractivity contribution in [2.75, 3.05) is 11.5 Å². The first-order chi connectivity index (χ1) is 14.5. The highest BCUT2D eigenvalue weighted by Crippen LogP contribution is 2.42. The van der Waals surface area contributed by atoms with Crippen LogP contribution in [0.5, 0.6) is 0 Å². The highest BCUT2D eigenvalue weighted by Gasteiger charge is 2.41. The van der Waals surface area contributed by atoms with Crippen molar-refractivity contribution in [3.8, 4) is 0 Å². The SMILES string of the molecule is Nc1nccc(CC(c2ccc(Cl)cc2)(c2ccnc(N)n2)c2cccnc2F)n1. The number of benzene rings is 1. The van der Waals surface area contributed by atoms with E-state index >= 15 is 4.39 Å². The lowest BCUT2D eigenvalue weighted by Crippen LogP contribution is -2.35. The van der Waals surface area contributed by atoms with Crippen LogP contribution in [0.25, 0.3) is 0 Å². The van der Waals surface area contributed by atoms with Gasteiger partial charge in [-0.15, -0.1) is 0 Å². The van der Waals surface area contributed by atoms with E-state index in [2.05, 4.69) is 24.9 Å². The van der Waals surface area contributed by atoms with Crippen LogP contribution in [0.1, 0.15) is 22.5 Å². The molecule has 0 bridgehead atoms. The number of pyridine rings is 1. The minimum absolute atomic E-state index is 0.0670. The number of nitrogens with zero attached hydrogens (tertiary/aromatic N) is 5. The Balaban J connectivity index is 2.07. The van der Waals surface area contributed by atoms with E-state index in [0.717, 1.165) is 5.56 Å². The molecule has 0 aliphatic rings. The number of nitrogens with two attached hydrogens (primary N) is 2. The Morgan fingerprint density at radius 1 is 0.833 bits per heavy atom. The minimum atomic E-state index is -1.12. The molecule has 9 heteroatoms. The molecule has 30 heavy (non-hydrogen) atoms. The van der Waals surface area contributed by atoms with E-state index in [4.69, 9.17) is 23.1 Å². The third-order valence-electron chi connectivity index (χ3n) is 4.85. The summed E-state index contributed by atoms with van der Waals surface area (Å²) in [7, 11) is 0. The van der Waals surface area contributed by atoms with E-state index in [1.165, 1.54) is 12.4 Å². The number of aromatic nitrogens is 5. The first-order valence-corrected chi connectivity index (χ1v) is 9.40. The Morgan fingerprint density at radius 2 is 1.53 bits per heavy atom. The van der Waals surface area contributed by atoms with Crippen molar-refractivity contribution in [3.05, 3.63) is 101 Å². The lowest BCUT2D eigenvalue weighted by molar-refractivity contribution is 0.501. The quantitative estimate of drug-likeness (QED) is 0.475. The second kappa shape index (κ2) is 8.00. The van der Waals surface area contributed by atoms with Gasteiger partial charge >= 0.3 is 0 Å². The van der Waals surface area contributed by atoms with Crippen LogP contribution in [0.2, 0.25) is 5.02 Å². The summed E-state index contributed by atoms with van der Waals surface area (Å²) in [6.45, 7) is 0. The van der Waals surface area contributed by atoms with Crippen LogP contribution in [0.4, 0.5) is 16.3 Å². The molecule has 4 rings (SSSR count). The fourth-order valence-electron chi connectivity index (χ4n) is 3.56. The maximum Gasteiger partial charge on any atom is 0.220 e. The molecule has 1 atom stereocenters. The molecule has 4 aromatic rings. The summed E-state index contributed by atoms with van der Waals surface area (Å²) in [6, 6.07) is 13.9. The van der Waals surface area contributed by atoms with Crippen LogP contribution in [-0.4, -0.2) is 24.9 Å². The Labute approximate surface area is 177 Å². The standard InChI is InChI=1S/C21H17ClFN7/c22-14-5-3-13(4-6-14)21(16-2-1-9-26-18(16)23,17-8-11-28-20(25)30-17)12-15-7-10-27-19(24)29-15/h1-11H,12H2,(H2,24,27,29)(H2,25,28,30). The Bertz CT molecular complexity index is 1190. The van der Waals surface area contributed by atoms with Gasteiger partial charge in [0.2, 0.25) is 17.8 Å². The molecule has 0 radical (unpaired) electrons. The van der Waals surface area contributed by atoms with Crippen LogP contribution in [0.15, 0.2) is 67.1 Å². The molecule has 0 amide bonds. The summed E-state index contributed by atoms with van der Waals surface area (Å²) in [5.41, 5.74) is 12.7. The number of nitrogen functional groups attached to an aromatic ring is 2. The number of rotatable bonds is 5. The molecule has 0 saturated heterocycles. The Morgan fingerprint density at radius 3 is 2.20 bits per heavy atom. The predicted molar refractivity (Wildman–Crippen MR) is 112 cm³/mol. The molecule has 3 aromatic heterocycles. The zero-order valence-electron chi connectivity index (χ0n) is 15.7. The first kappa shape index (κ1) is 19.7. The molecule has 0 aliphatic heterocycles. The summed E-state index contributed by atoms with van der Waals surface area (Å²) in [5.74, 6) is -0.449. The normalized spacial score (nSPS) is 13.0. The van der Waals surface area contributed by atoms with Crippen molar-refractivity contribution in [1.82, 2.24) is 24.9 Å². The minimum Gasteiger partial charge on any atom is -0.368 e. The number of anilines is 2. The van der Waals surface area contributed by atoms with Gasteiger partial charge in [0.15, 0.2) is 0 Å². The van der Waals surface area contributed by atoms with Gasteiger partial charge in [0.1, 0.15) is 0 Å². The van der Waals surface area contributed by atoms with Gasteiger partial charge in [0, 0.05) is 41.3 Å². The van der Waals surface area contributed by atoms with Gasteiger partial charge in [-0.1, -0.05) is 29.8 Å². The van der Waals surface area contributed by atoms with E-state index in [1.807, 2.05) is 12.1 Å². The third-order valence-corrected chi connectivity index (χ3v) is 5.10. The second-order valence-corrected chi connectivity index (χ2v) is 7.07. The van der Waals surface area contributed by atoms with E-state index in [1.54, 1.807) is 42.6 Å². The van der Waals surface area contributed by atoms with E-state index in [-0.39, 0.29) is 18.3 Å². The van der Waals surface area contributed by atoms with Crippen LogP contribution in [-0.2, 0) is 11.8 Å². The Kier molecular flexibility index (Phi) is 5.24. The van der Waals surface area contributed by atoms with Crippen LogP contribution in [0, 0.1) is 5.95 Å². The zero-order chi connectivity index (χ0) is 21.1. The van der Waals surface area contributed by atoms with Crippen LogP contribution >= 0.6 is 11.6 Å². The van der Waals surface area contributed by atoms with Crippen molar-refractivity contribution in [2.24, 2.45) is 0 Å². The van der Waals surface area contributed by atoms with E-state index in [9.17, 15) is 0 Å². The average molecular weight is 422 g/mol. The van der Waals surface area contributed by atoms with Gasteiger partial charge < -0.3 is 11.5 Å². The van der Waals surface area contributed by atoms with Gasteiger partial charge in [0.25, 0.3) is 0 Å². The highest BCUT2D eigenvalue weighted by molar-refractivity contribution is 6.30. The van der Waals surface area contributed by atoms with Crippen LogP contribution < -0.4 is 11.5 Å². The smallest absolute Gasteiger partial charge is 0.220 e. The van der Waals surface area contributed by atoms with Crippen molar-refractivity contribution in [1.29, 1.82) is 0 Å². The molecular formula is C21H17ClFN7. The maximum absolute atomic E-state index is 15.1. The number of halogens is 2. The van der Waals surface area contributed by atoms with E-state index < -0.39 is 11.4 Å². The summed E-state index contributed by atoms with van der Waals surface area (Å²) in [5, 5.41) is 0.549. The summed E-state index contributed by atoms with van der Waals surface area (Å²) >= 11 is 6.12. The summed E-state index contributed by atoms with van der Waals surface area (Å²) in [4.78, 5) is 20.6. The molecule has 0 aliphatic carbocycles. The third kappa shape index (κ3) is 3.65. The molecule has 7 nitrogen and oxygen atoms in total. The van der Waals surface area contributed by atoms with Gasteiger partial charge in [-0.05, 0) is 35.9 Å². The molecule has 1 unspecified atom stereocenters. The predicted octanol–water partition coefficient (Wildman–Crippen LogP) is 3.20. The van der Waals surface area contributed by atoms with Gasteiger partial charge in [-0.2, -0.15) is 4.39 Å². The fourth-order valence-corrected chi connectivity index (χ4v) is 3.69. The van der Waals surface area contributed by atoms with Gasteiger partial charge in [0.05, 0.1) is 11.1 Å². The molecule has 4 N–H and O–H groups in total. The molecule has 0 saturated carbocycles. The van der Waals surface area contributed by atoms with Crippen LogP contribution in [0.3, 0.4) is 0 Å². The molecule has 3 heterocycles.